The molecule has 0 saturated heterocycles. The first kappa shape index (κ1) is 21.8. The second-order valence-corrected chi connectivity index (χ2v) is 8.74. The maximum atomic E-state index is 4.38. The van der Waals surface area contributed by atoms with Crippen molar-refractivity contribution in [3.63, 3.8) is 0 Å². The summed E-state index contributed by atoms with van der Waals surface area (Å²) in [5.74, 6) is 0.493. The molecule has 0 bridgehead atoms. The van der Waals surface area contributed by atoms with Gasteiger partial charge in [0.1, 0.15) is 0 Å². The van der Waals surface area contributed by atoms with Crippen LogP contribution in [0.3, 0.4) is 0 Å². The molecule has 28 heavy (non-hydrogen) atoms. The maximum Gasteiger partial charge on any atom is 0.0461 e. The molecule has 0 aromatic heterocycles. The third-order valence-electron chi connectivity index (χ3n) is 5.04. The van der Waals surface area contributed by atoms with E-state index in [-0.39, 0.29) is 5.41 Å². The van der Waals surface area contributed by atoms with Crippen LogP contribution < -0.4 is 4.90 Å². The topological polar surface area (TPSA) is 3.24 Å². The van der Waals surface area contributed by atoms with Gasteiger partial charge in [-0.25, -0.2) is 0 Å². The van der Waals surface area contributed by atoms with E-state index in [0.29, 0.717) is 5.92 Å². The van der Waals surface area contributed by atoms with Crippen molar-refractivity contribution in [2.45, 2.75) is 53.9 Å². The number of hydrogen-bond donors (Lipinski definition) is 0. The van der Waals surface area contributed by atoms with E-state index in [0.717, 1.165) is 17.1 Å². The minimum atomic E-state index is 0.141. The van der Waals surface area contributed by atoms with Gasteiger partial charge in [0, 0.05) is 17.1 Å². The highest BCUT2D eigenvalue weighted by atomic mass is 15.1. The molecule has 1 heteroatoms. The Balaban J connectivity index is 2.44. The molecule has 0 spiro atoms. The first-order valence-corrected chi connectivity index (χ1v) is 10.1. The van der Waals surface area contributed by atoms with E-state index in [9.17, 15) is 0 Å². The van der Waals surface area contributed by atoms with Crippen molar-refractivity contribution in [2.75, 3.05) is 4.90 Å². The van der Waals surface area contributed by atoms with Gasteiger partial charge in [0.05, 0.1) is 0 Å². The Kier molecular flexibility index (Phi) is 7.07. The monoisotopic (exact) mass is 373 g/mol. The summed E-state index contributed by atoms with van der Waals surface area (Å²) in [6.07, 6.45) is 6.47. The van der Waals surface area contributed by atoms with Crippen LogP contribution in [-0.4, -0.2) is 0 Å². The van der Waals surface area contributed by atoms with Gasteiger partial charge in [-0.2, -0.15) is 0 Å². The smallest absolute Gasteiger partial charge is 0.0461 e. The first-order chi connectivity index (χ1) is 13.1. The van der Waals surface area contributed by atoms with Crippen molar-refractivity contribution in [2.24, 2.45) is 5.92 Å². The van der Waals surface area contributed by atoms with Crippen molar-refractivity contribution >= 4 is 11.4 Å². The predicted molar refractivity (Wildman–Crippen MR) is 125 cm³/mol. The number of aryl methyl sites for hydroxylation is 1. The number of allylic oxidation sites excluding steroid dienone is 4. The van der Waals surface area contributed by atoms with Gasteiger partial charge in [-0.05, 0) is 66.7 Å². The normalized spacial score (nSPS) is 12.6. The lowest BCUT2D eigenvalue weighted by Crippen LogP contribution is -2.15. The number of nitrogens with zero attached hydrogens (tertiary/aromatic N) is 1. The van der Waals surface area contributed by atoms with E-state index in [2.05, 4.69) is 127 Å². The third-order valence-corrected chi connectivity index (χ3v) is 5.04. The molecule has 0 radical (unpaired) electrons. The van der Waals surface area contributed by atoms with Crippen LogP contribution in [-0.2, 0) is 5.41 Å². The van der Waals surface area contributed by atoms with Crippen molar-refractivity contribution < 1.29 is 0 Å². The molecule has 0 aliphatic carbocycles. The van der Waals surface area contributed by atoms with Crippen molar-refractivity contribution in [3.8, 4) is 0 Å². The van der Waals surface area contributed by atoms with E-state index in [4.69, 9.17) is 0 Å². The minimum absolute atomic E-state index is 0.141. The van der Waals surface area contributed by atoms with Crippen molar-refractivity contribution in [3.05, 3.63) is 95.7 Å². The van der Waals surface area contributed by atoms with E-state index >= 15 is 0 Å². The fourth-order valence-corrected chi connectivity index (χ4v) is 3.17. The van der Waals surface area contributed by atoms with Crippen LogP contribution in [0, 0.1) is 12.8 Å². The molecule has 2 aromatic rings. The summed E-state index contributed by atoms with van der Waals surface area (Å²) in [6.45, 7) is 19.7. The molecule has 0 saturated carbocycles. The van der Waals surface area contributed by atoms with Gasteiger partial charge in [0.15, 0.2) is 0 Å². The van der Waals surface area contributed by atoms with E-state index < -0.39 is 0 Å². The largest absolute Gasteiger partial charge is 0.311 e. The molecule has 0 N–H and O–H groups in total. The zero-order chi connectivity index (χ0) is 20.9. The fourth-order valence-electron chi connectivity index (χ4n) is 3.17. The molecule has 1 nitrogen and oxygen atoms in total. The first-order valence-electron chi connectivity index (χ1n) is 10.1. The van der Waals surface area contributed by atoms with E-state index in [1.165, 1.54) is 16.7 Å². The zero-order valence-corrected chi connectivity index (χ0v) is 18.6. The van der Waals surface area contributed by atoms with Gasteiger partial charge in [-0.15, -0.1) is 0 Å². The summed E-state index contributed by atoms with van der Waals surface area (Å²) in [5.41, 5.74) is 7.23. The third kappa shape index (κ3) is 5.48. The Labute approximate surface area is 172 Å². The molecule has 0 aliphatic heterocycles. The second kappa shape index (κ2) is 9.10. The molecule has 2 rings (SSSR count). The predicted octanol–water partition coefficient (Wildman–Crippen LogP) is 8.10. The Morgan fingerprint density at radius 3 is 1.82 bits per heavy atom. The highest BCUT2D eigenvalue weighted by Gasteiger charge is 2.16. The average molecular weight is 374 g/mol. The Morgan fingerprint density at radius 2 is 1.39 bits per heavy atom. The molecule has 0 unspecified atom stereocenters. The van der Waals surface area contributed by atoms with Gasteiger partial charge in [-0.1, -0.05) is 83.2 Å². The number of benzene rings is 2. The number of hydrogen-bond acceptors (Lipinski definition) is 1. The summed E-state index contributed by atoms with van der Waals surface area (Å²) in [6, 6.07) is 17.4. The van der Waals surface area contributed by atoms with Gasteiger partial charge in [0.2, 0.25) is 0 Å². The summed E-state index contributed by atoms with van der Waals surface area (Å²) >= 11 is 0. The van der Waals surface area contributed by atoms with Crippen LogP contribution in [0.2, 0.25) is 0 Å². The average Bonchev–Trinajstić information content (AvgIpc) is 2.63. The lowest BCUT2D eigenvalue weighted by molar-refractivity contribution is 0.590. The molecule has 0 heterocycles. The van der Waals surface area contributed by atoms with E-state index in [1.807, 2.05) is 0 Å². The lowest BCUT2D eigenvalue weighted by atomic mass is 9.87. The van der Waals surface area contributed by atoms with Crippen LogP contribution in [0.15, 0.2) is 84.6 Å². The van der Waals surface area contributed by atoms with Crippen LogP contribution in [0.5, 0.6) is 0 Å². The van der Waals surface area contributed by atoms with Gasteiger partial charge >= 0.3 is 0 Å². The number of rotatable bonds is 6. The van der Waals surface area contributed by atoms with Gasteiger partial charge in [-0.3, -0.25) is 0 Å². The van der Waals surface area contributed by atoms with Gasteiger partial charge in [0.25, 0.3) is 0 Å². The number of anilines is 2. The fraction of sp³-hybridized carbons (Fsp3) is 0.333. The quantitative estimate of drug-likeness (QED) is 0.462. The summed E-state index contributed by atoms with van der Waals surface area (Å²) in [7, 11) is 0. The molecular weight excluding hydrogens is 338 g/mol. The molecule has 0 fully saturated rings. The minimum Gasteiger partial charge on any atom is -0.311 e. The zero-order valence-electron chi connectivity index (χ0n) is 18.6. The van der Waals surface area contributed by atoms with Crippen LogP contribution >= 0.6 is 0 Å². The standard InChI is InChI=1S/C27H35N/c1-9-23(20(2)3)13-12-22(5)28(25-16-10-21(4)11-17-25)26-18-14-24(15-19-26)27(6,7)8/h9-20H,5H2,1-4,6-8H3/b13-12-,23-9+. The van der Waals surface area contributed by atoms with Crippen LogP contribution in [0.25, 0.3) is 0 Å². The summed E-state index contributed by atoms with van der Waals surface area (Å²) < 4.78 is 0. The summed E-state index contributed by atoms with van der Waals surface area (Å²) in [5, 5.41) is 0. The molecule has 0 atom stereocenters. The van der Waals surface area contributed by atoms with Gasteiger partial charge < -0.3 is 4.90 Å². The summed E-state index contributed by atoms with van der Waals surface area (Å²) in [4.78, 5) is 2.22. The van der Waals surface area contributed by atoms with Crippen molar-refractivity contribution in [1.82, 2.24) is 0 Å². The molecule has 148 valence electrons. The van der Waals surface area contributed by atoms with E-state index in [1.54, 1.807) is 0 Å². The molecule has 0 amide bonds. The van der Waals surface area contributed by atoms with Crippen LogP contribution in [0.4, 0.5) is 11.4 Å². The maximum absolute atomic E-state index is 4.38. The Morgan fingerprint density at radius 1 is 0.893 bits per heavy atom. The van der Waals surface area contributed by atoms with Crippen LogP contribution in [0.1, 0.15) is 52.7 Å². The molecule has 0 aliphatic rings. The Bertz CT molecular complexity index is 841. The molecular formula is C27H35N. The second-order valence-electron chi connectivity index (χ2n) is 8.74. The Hall–Kier alpha value is -2.54. The highest BCUT2D eigenvalue weighted by Crippen LogP contribution is 2.32. The SMILES string of the molecule is C=C(/C=C\C(=C/C)C(C)C)N(c1ccc(C)cc1)c1ccc(C(C)(C)C)cc1. The highest BCUT2D eigenvalue weighted by molar-refractivity contribution is 5.70. The van der Waals surface area contributed by atoms with Crippen molar-refractivity contribution in [1.29, 1.82) is 0 Å². The lowest BCUT2D eigenvalue weighted by Gasteiger charge is -2.27. The molecule has 2 aromatic carbocycles.